The molecular formula is C19H20N2O2. The third-order valence-electron chi connectivity index (χ3n) is 4.10. The van der Waals surface area contributed by atoms with E-state index in [0.29, 0.717) is 0 Å². The maximum absolute atomic E-state index is 12.6. The van der Waals surface area contributed by atoms with Crippen molar-refractivity contribution in [3.63, 3.8) is 0 Å². The van der Waals surface area contributed by atoms with Gasteiger partial charge in [-0.05, 0) is 37.6 Å². The number of hydrogen-bond acceptors (Lipinski definition) is 2. The van der Waals surface area contributed by atoms with Gasteiger partial charge in [0.2, 0.25) is 5.91 Å². The highest BCUT2D eigenvalue weighted by Gasteiger charge is 2.29. The Labute approximate surface area is 135 Å². The molecule has 1 heterocycles. The van der Waals surface area contributed by atoms with E-state index in [-0.39, 0.29) is 11.8 Å². The quantitative estimate of drug-likeness (QED) is 0.845. The lowest BCUT2D eigenvalue weighted by Crippen LogP contribution is -2.27. The molecule has 3 rings (SSSR count). The predicted octanol–water partition coefficient (Wildman–Crippen LogP) is 4.11. The van der Waals surface area contributed by atoms with Crippen molar-refractivity contribution in [1.29, 1.82) is 0 Å². The molecule has 23 heavy (non-hydrogen) atoms. The standard InChI is InChI=1S/C19H20N2O2/c1-3-5-12-21-16-11-10-15(20-17(22)7-4-2)13-8-6-9-14(18(13)16)19(21)23/h4,6-11H,3,5,12H2,1-2H3,(H,20,22)/b7-4+. The number of hydrogen-bond donors (Lipinski definition) is 1. The van der Waals surface area contributed by atoms with Crippen LogP contribution in [0, 0.1) is 0 Å². The van der Waals surface area contributed by atoms with Crippen molar-refractivity contribution in [2.45, 2.75) is 26.7 Å². The second-order valence-electron chi connectivity index (χ2n) is 5.66. The second kappa shape index (κ2) is 6.24. The molecule has 0 aliphatic carbocycles. The van der Waals surface area contributed by atoms with E-state index in [4.69, 9.17) is 0 Å². The van der Waals surface area contributed by atoms with E-state index >= 15 is 0 Å². The van der Waals surface area contributed by atoms with Gasteiger partial charge in [-0.15, -0.1) is 0 Å². The Hall–Kier alpha value is -2.62. The van der Waals surface area contributed by atoms with Gasteiger partial charge in [0.15, 0.2) is 0 Å². The smallest absolute Gasteiger partial charge is 0.258 e. The summed E-state index contributed by atoms with van der Waals surface area (Å²) in [7, 11) is 0. The molecule has 0 fully saturated rings. The molecule has 0 saturated carbocycles. The number of benzene rings is 2. The minimum absolute atomic E-state index is 0.0518. The summed E-state index contributed by atoms with van der Waals surface area (Å²) in [4.78, 5) is 26.3. The molecule has 0 radical (unpaired) electrons. The van der Waals surface area contributed by atoms with E-state index < -0.39 is 0 Å². The Kier molecular flexibility index (Phi) is 4.15. The average Bonchev–Trinajstić information content (AvgIpc) is 2.82. The van der Waals surface area contributed by atoms with Gasteiger partial charge in [-0.2, -0.15) is 0 Å². The van der Waals surface area contributed by atoms with E-state index in [9.17, 15) is 9.59 Å². The Morgan fingerprint density at radius 2 is 2.09 bits per heavy atom. The molecule has 1 aliphatic rings. The molecule has 4 nitrogen and oxygen atoms in total. The summed E-state index contributed by atoms with van der Waals surface area (Å²) < 4.78 is 0. The van der Waals surface area contributed by atoms with Crippen molar-refractivity contribution in [1.82, 2.24) is 0 Å². The third-order valence-corrected chi connectivity index (χ3v) is 4.10. The molecule has 0 spiro atoms. The first-order valence-electron chi connectivity index (χ1n) is 7.98. The van der Waals surface area contributed by atoms with Gasteiger partial charge >= 0.3 is 0 Å². The molecule has 118 valence electrons. The van der Waals surface area contributed by atoms with Crippen molar-refractivity contribution >= 4 is 34.0 Å². The summed E-state index contributed by atoms with van der Waals surface area (Å²) in [6.45, 7) is 4.64. The van der Waals surface area contributed by atoms with Gasteiger partial charge in [0, 0.05) is 28.6 Å². The average molecular weight is 308 g/mol. The van der Waals surface area contributed by atoms with E-state index in [1.165, 1.54) is 6.08 Å². The zero-order valence-electron chi connectivity index (χ0n) is 13.4. The van der Waals surface area contributed by atoms with E-state index in [0.717, 1.165) is 47.1 Å². The monoisotopic (exact) mass is 308 g/mol. The summed E-state index contributed by atoms with van der Waals surface area (Å²) in [5.74, 6) is -0.114. The molecule has 0 saturated heterocycles. The minimum Gasteiger partial charge on any atom is -0.322 e. The van der Waals surface area contributed by atoms with Crippen molar-refractivity contribution in [2.75, 3.05) is 16.8 Å². The first-order chi connectivity index (χ1) is 11.2. The lowest BCUT2D eigenvalue weighted by Gasteiger charge is -2.17. The van der Waals surface area contributed by atoms with E-state index in [1.54, 1.807) is 13.0 Å². The number of nitrogens with zero attached hydrogens (tertiary/aromatic N) is 1. The highest BCUT2D eigenvalue weighted by molar-refractivity contribution is 6.27. The number of amides is 2. The number of unbranched alkanes of at least 4 members (excludes halogenated alkanes) is 1. The Morgan fingerprint density at radius 3 is 2.83 bits per heavy atom. The third kappa shape index (κ3) is 2.61. The summed E-state index contributed by atoms with van der Waals surface area (Å²) in [5.41, 5.74) is 2.40. The number of carbonyl (C=O) groups excluding carboxylic acids is 2. The van der Waals surface area contributed by atoms with E-state index in [1.807, 2.05) is 35.2 Å². The minimum atomic E-state index is -0.166. The van der Waals surface area contributed by atoms with Gasteiger partial charge in [0.05, 0.1) is 5.69 Å². The van der Waals surface area contributed by atoms with E-state index in [2.05, 4.69) is 12.2 Å². The summed E-state index contributed by atoms with van der Waals surface area (Å²) in [6.07, 6.45) is 5.20. The molecule has 1 N–H and O–H groups in total. The number of anilines is 2. The lowest BCUT2D eigenvalue weighted by molar-refractivity contribution is -0.111. The van der Waals surface area contributed by atoms with Crippen LogP contribution in [0.5, 0.6) is 0 Å². The van der Waals surface area contributed by atoms with Crippen LogP contribution in [-0.4, -0.2) is 18.4 Å². The van der Waals surface area contributed by atoms with Crippen molar-refractivity contribution in [3.8, 4) is 0 Å². The number of carbonyl (C=O) groups is 2. The van der Waals surface area contributed by atoms with Crippen LogP contribution in [0.1, 0.15) is 37.0 Å². The fraction of sp³-hybridized carbons (Fsp3) is 0.263. The van der Waals surface area contributed by atoms with Crippen LogP contribution in [0.2, 0.25) is 0 Å². The molecular weight excluding hydrogens is 288 g/mol. The summed E-state index contributed by atoms with van der Waals surface area (Å²) >= 11 is 0. The van der Waals surface area contributed by atoms with Gasteiger partial charge < -0.3 is 10.2 Å². The molecule has 0 aromatic heterocycles. The van der Waals surface area contributed by atoms with Crippen molar-refractivity contribution < 1.29 is 9.59 Å². The number of rotatable bonds is 5. The van der Waals surface area contributed by atoms with Crippen LogP contribution < -0.4 is 10.2 Å². The zero-order chi connectivity index (χ0) is 16.4. The largest absolute Gasteiger partial charge is 0.322 e. The first-order valence-corrected chi connectivity index (χ1v) is 7.98. The normalized spacial score (nSPS) is 13.3. The van der Waals surface area contributed by atoms with Crippen LogP contribution in [-0.2, 0) is 4.79 Å². The van der Waals surface area contributed by atoms with Crippen LogP contribution >= 0.6 is 0 Å². The van der Waals surface area contributed by atoms with Crippen LogP contribution in [0.15, 0.2) is 42.5 Å². The van der Waals surface area contributed by atoms with Crippen LogP contribution in [0.3, 0.4) is 0 Å². The molecule has 1 aliphatic heterocycles. The Morgan fingerprint density at radius 1 is 1.26 bits per heavy atom. The zero-order valence-corrected chi connectivity index (χ0v) is 13.4. The Balaban J connectivity index is 2.08. The molecule has 0 unspecified atom stereocenters. The second-order valence-corrected chi connectivity index (χ2v) is 5.66. The van der Waals surface area contributed by atoms with Crippen molar-refractivity contribution in [3.05, 3.63) is 48.0 Å². The van der Waals surface area contributed by atoms with Gasteiger partial charge in [-0.3, -0.25) is 9.59 Å². The van der Waals surface area contributed by atoms with Gasteiger partial charge in [0.25, 0.3) is 5.91 Å². The Bertz CT molecular complexity index is 808. The summed E-state index contributed by atoms with van der Waals surface area (Å²) in [6, 6.07) is 9.48. The molecule has 2 aromatic rings. The van der Waals surface area contributed by atoms with Crippen molar-refractivity contribution in [2.24, 2.45) is 0 Å². The first kappa shape index (κ1) is 15.3. The van der Waals surface area contributed by atoms with Gasteiger partial charge in [0.1, 0.15) is 0 Å². The highest BCUT2D eigenvalue weighted by atomic mass is 16.2. The van der Waals surface area contributed by atoms with Gasteiger partial charge in [-0.25, -0.2) is 0 Å². The topological polar surface area (TPSA) is 49.4 Å². The summed E-state index contributed by atoms with van der Waals surface area (Å²) in [5, 5.41) is 4.73. The molecule has 2 aromatic carbocycles. The molecule has 0 atom stereocenters. The number of nitrogens with one attached hydrogen (secondary N) is 1. The number of allylic oxidation sites excluding steroid dienone is 1. The van der Waals surface area contributed by atoms with Crippen LogP contribution in [0.25, 0.3) is 10.8 Å². The maximum atomic E-state index is 12.6. The fourth-order valence-electron chi connectivity index (χ4n) is 3.02. The SMILES string of the molecule is C/C=C/C(=O)Nc1ccc2c3c(cccc13)C(=O)N2CCCC. The molecule has 2 amide bonds. The highest BCUT2D eigenvalue weighted by Crippen LogP contribution is 2.40. The molecule has 0 bridgehead atoms. The fourth-order valence-corrected chi connectivity index (χ4v) is 3.02. The maximum Gasteiger partial charge on any atom is 0.258 e. The lowest BCUT2D eigenvalue weighted by atomic mass is 10.0. The van der Waals surface area contributed by atoms with Crippen LogP contribution in [0.4, 0.5) is 11.4 Å². The molecule has 4 heteroatoms. The predicted molar refractivity (Wildman–Crippen MR) is 94.0 cm³/mol. The van der Waals surface area contributed by atoms with Gasteiger partial charge in [-0.1, -0.05) is 31.6 Å².